The summed E-state index contributed by atoms with van der Waals surface area (Å²) < 4.78 is 11.7. The van der Waals surface area contributed by atoms with Gasteiger partial charge in [0, 0.05) is 11.0 Å². The maximum absolute atomic E-state index is 5.40. The van der Waals surface area contributed by atoms with Gasteiger partial charge in [-0.1, -0.05) is 16.8 Å². The number of rotatable bonds is 2. The number of aromatic nitrogens is 2. The van der Waals surface area contributed by atoms with E-state index in [4.69, 9.17) is 9.26 Å². The number of morpholine rings is 1. The highest BCUT2D eigenvalue weighted by molar-refractivity contribution is 9.10. The molecule has 1 fully saturated rings. The molecular formula is C13H14BrN3O2. The Morgan fingerprint density at radius 2 is 2.32 bits per heavy atom. The van der Waals surface area contributed by atoms with Gasteiger partial charge in [-0.15, -0.1) is 0 Å². The molecule has 100 valence electrons. The molecular weight excluding hydrogens is 310 g/mol. The molecule has 6 heteroatoms. The van der Waals surface area contributed by atoms with Crippen LogP contribution < -0.4 is 5.32 Å². The molecule has 3 rings (SSSR count). The Morgan fingerprint density at radius 1 is 1.42 bits per heavy atom. The summed E-state index contributed by atoms with van der Waals surface area (Å²) in [6.07, 6.45) is 0. The quantitative estimate of drug-likeness (QED) is 0.920. The average Bonchev–Trinajstić information content (AvgIpc) is 2.92. The fraction of sp³-hybridized carbons (Fsp3) is 0.385. The van der Waals surface area contributed by atoms with Gasteiger partial charge in [0.15, 0.2) is 5.82 Å². The third kappa shape index (κ3) is 2.70. The second-order valence-corrected chi connectivity index (χ2v) is 5.38. The number of benzene rings is 1. The zero-order chi connectivity index (χ0) is 13.2. The maximum Gasteiger partial charge on any atom is 0.259 e. The molecule has 1 aliphatic rings. The minimum atomic E-state index is 0.00911. The van der Waals surface area contributed by atoms with E-state index in [1.807, 2.05) is 25.1 Å². The number of ether oxygens (including phenoxy) is 1. The van der Waals surface area contributed by atoms with Crippen LogP contribution in [0.15, 0.2) is 27.2 Å². The number of hydrogen-bond donors (Lipinski definition) is 1. The van der Waals surface area contributed by atoms with Gasteiger partial charge in [0.25, 0.3) is 5.89 Å². The van der Waals surface area contributed by atoms with Gasteiger partial charge in [-0.2, -0.15) is 4.98 Å². The van der Waals surface area contributed by atoms with Crippen LogP contribution in [0.3, 0.4) is 0 Å². The van der Waals surface area contributed by atoms with Crippen molar-refractivity contribution in [3.05, 3.63) is 34.1 Å². The van der Waals surface area contributed by atoms with E-state index in [2.05, 4.69) is 31.4 Å². The molecule has 0 aliphatic carbocycles. The van der Waals surface area contributed by atoms with Crippen LogP contribution in [0.25, 0.3) is 11.5 Å². The summed E-state index contributed by atoms with van der Waals surface area (Å²) in [5.74, 6) is 1.17. The first-order valence-corrected chi connectivity index (χ1v) is 6.94. The molecule has 5 nitrogen and oxygen atoms in total. The molecule has 0 radical (unpaired) electrons. The molecule has 0 bridgehead atoms. The highest BCUT2D eigenvalue weighted by Crippen LogP contribution is 2.28. The van der Waals surface area contributed by atoms with Gasteiger partial charge in [0.1, 0.15) is 0 Å². The second-order valence-electron chi connectivity index (χ2n) is 4.52. The van der Waals surface area contributed by atoms with Crippen LogP contribution in [-0.2, 0) is 4.74 Å². The number of aryl methyl sites for hydroxylation is 1. The second kappa shape index (κ2) is 5.40. The highest BCUT2D eigenvalue weighted by atomic mass is 79.9. The van der Waals surface area contributed by atoms with Crippen molar-refractivity contribution in [1.29, 1.82) is 0 Å². The maximum atomic E-state index is 5.40. The van der Waals surface area contributed by atoms with Gasteiger partial charge >= 0.3 is 0 Å². The molecule has 1 atom stereocenters. The lowest BCUT2D eigenvalue weighted by Crippen LogP contribution is -2.35. The molecule has 1 unspecified atom stereocenters. The molecule has 0 spiro atoms. The Kier molecular flexibility index (Phi) is 3.63. The van der Waals surface area contributed by atoms with Gasteiger partial charge in [-0.3, -0.25) is 0 Å². The minimum Gasteiger partial charge on any atom is -0.378 e. The summed E-state index contributed by atoms with van der Waals surface area (Å²) in [5, 5.41) is 7.34. The SMILES string of the molecule is Cc1ccc(Br)c(-c2nc(C3COCCN3)no2)c1. The predicted molar refractivity (Wildman–Crippen MR) is 73.7 cm³/mol. The van der Waals surface area contributed by atoms with E-state index in [9.17, 15) is 0 Å². The van der Waals surface area contributed by atoms with Crippen molar-refractivity contribution in [3.63, 3.8) is 0 Å². The van der Waals surface area contributed by atoms with Gasteiger partial charge in [0.2, 0.25) is 0 Å². The molecule has 1 aromatic carbocycles. The zero-order valence-electron chi connectivity index (χ0n) is 10.5. The first-order valence-electron chi connectivity index (χ1n) is 6.15. The summed E-state index contributed by atoms with van der Waals surface area (Å²) in [4.78, 5) is 4.46. The predicted octanol–water partition coefficient (Wildman–Crippen LogP) is 2.47. The smallest absolute Gasteiger partial charge is 0.259 e. The van der Waals surface area contributed by atoms with Crippen LogP contribution in [0.4, 0.5) is 0 Å². The van der Waals surface area contributed by atoms with Gasteiger partial charge in [-0.25, -0.2) is 0 Å². The van der Waals surface area contributed by atoms with Crippen LogP contribution in [-0.4, -0.2) is 29.9 Å². The third-order valence-corrected chi connectivity index (χ3v) is 3.72. The average molecular weight is 324 g/mol. The Balaban J connectivity index is 1.89. The summed E-state index contributed by atoms with van der Waals surface area (Å²) >= 11 is 3.50. The van der Waals surface area contributed by atoms with Crippen LogP contribution in [0.5, 0.6) is 0 Å². The number of nitrogens with one attached hydrogen (secondary N) is 1. The van der Waals surface area contributed by atoms with E-state index < -0.39 is 0 Å². The topological polar surface area (TPSA) is 60.2 Å². The van der Waals surface area contributed by atoms with Crippen LogP contribution in [0.1, 0.15) is 17.4 Å². The fourth-order valence-electron chi connectivity index (χ4n) is 2.02. The number of halogens is 1. The van der Waals surface area contributed by atoms with E-state index in [-0.39, 0.29) is 6.04 Å². The molecule has 1 aliphatic heterocycles. The minimum absolute atomic E-state index is 0.00911. The highest BCUT2D eigenvalue weighted by Gasteiger charge is 2.22. The molecule has 2 aromatic rings. The van der Waals surface area contributed by atoms with E-state index in [0.717, 1.165) is 28.8 Å². The van der Waals surface area contributed by atoms with Crippen LogP contribution in [0.2, 0.25) is 0 Å². The molecule has 19 heavy (non-hydrogen) atoms. The van der Waals surface area contributed by atoms with E-state index in [1.165, 1.54) is 0 Å². The monoisotopic (exact) mass is 323 g/mol. The summed E-state index contributed by atoms with van der Waals surface area (Å²) in [5.41, 5.74) is 2.06. The first-order chi connectivity index (χ1) is 9.24. The number of nitrogens with zero attached hydrogens (tertiary/aromatic N) is 2. The van der Waals surface area contributed by atoms with Crippen molar-refractivity contribution in [2.45, 2.75) is 13.0 Å². The van der Waals surface area contributed by atoms with E-state index in [0.29, 0.717) is 18.3 Å². The zero-order valence-corrected chi connectivity index (χ0v) is 12.1. The summed E-state index contributed by atoms with van der Waals surface area (Å²) in [6, 6.07) is 6.04. The van der Waals surface area contributed by atoms with Gasteiger partial charge in [-0.05, 0) is 35.0 Å². The van der Waals surface area contributed by atoms with Crippen molar-refractivity contribution in [1.82, 2.24) is 15.5 Å². The van der Waals surface area contributed by atoms with Crippen molar-refractivity contribution in [2.24, 2.45) is 0 Å². The Labute approximate surface area is 119 Å². The Hall–Kier alpha value is -1.24. The van der Waals surface area contributed by atoms with Crippen molar-refractivity contribution >= 4 is 15.9 Å². The lowest BCUT2D eigenvalue weighted by Gasteiger charge is -2.20. The summed E-state index contributed by atoms with van der Waals surface area (Å²) in [6.45, 7) is 4.14. The Bertz CT molecular complexity index is 579. The van der Waals surface area contributed by atoms with Crippen molar-refractivity contribution in [3.8, 4) is 11.5 Å². The van der Waals surface area contributed by atoms with Crippen molar-refractivity contribution in [2.75, 3.05) is 19.8 Å². The molecule has 0 saturated carbocycles. The van der Waals surface area contributed by atoms with Crippen molar-refractivity contribution < 1.29 is 9.26 Å². The molecule has 0 amide bonds. The Morgan fingerprint density at radius 3 is 3.11 bits per heavy atom. The molecule has 1 aromatic heterocycles. The standard InChI is InChI=1S/C13H14BrN3O2/c1-8-2-3-10(14)9(6-8)13-16-12(17-19-13)11-7-18-5-4-15-11/h2-3,6,11,15H,4-5,7H2,1H3. The number of hydrogen-bond acceptors (Lipinski definition) is 5. The van der Waals surface area contributed by atoms with Gasteiger partial charge in [0.05, 0.1) is 24.8 Å². The van der Waals surface area contributed by atoms with E-state index >= 15 is 0 Å². The molecule has 1 N–H and O–H groups in total. The largest absolute Gasteiger partial charge is 0.378 e. The molecule has 2 heterocycles. The third-order valence-electron chi connectivity index (χ3n) is 3.03. The van der Waals surface area contributed by atoms with Gasteiger partial charge < -0.3 is 14.6 Å². The van der Waals surface area contributed by atoms with Crippen LogP contribution >= 0.6 is 15.9 Å². The fourth-order valence-corrected chi connectivity index (χ4v) is 2.44. The molecule has 1 saturated heterocycles. The summed E-state index contributed by atoms with van der Waals surface area (Å²) in [7, 11) is 0. The lowest BCUT2D eigenvalue weighted by atomic mass is 10.1. The first kappa shape index (κ1) is 12.8. The lowest BCUT2D eigenvalue weighted by molar-refractivity contribution is 0.0734. The normalized spacial score (nSPS) is 19.6. The van der Waals surface area contributed by atoms with Crippen LogP contribution in [0, 0.1) is 6.92 Å². The van der Waals surface area contributed by atoms with E-state index in [1.54, 1.807) is 0 Å².